The first-order chi connectivity index (χ1) is 27.1. The number of nitrogens with two attached hydrogens (primary N) is 2. The van der Waals surface area contributed by atoms with Crippen molar-refractivity contribution in [1.82, 2.24) is 9.97 Å². The molecule has 1 amide bonds. The molecular formula is C40H60N6NaO12-. The number of nitrogen functional groups attached to an aromatic ring is 1. The van der Waals surface area contributed by atoms with E-state index in [0.717, 1.165) is 17.5 Å². The van der Waals surface area contributed by atoms with Crippen molar-refractivity contribution in [2.75, 3.05) is 25.6 Å². The van der Waals surface area contributed by atoms with Crippen LogP contribution in [0.5, 0.6) is 0 Å². The van der Waals surface area contributed by atoms with Crippen molar-refractivity contribution < 1.29 is 82.8 Å². The number of hydrogen-bond acceptors (Lipinski definition) is 16. The molecule has 0 aliphatic rings. The Morgan fingerprint density at radius 1 is 1.00 bits per heavy atom. The van der Waals surface area contributed by atoms with Gasteiger partial charge < -0.3 is 50.5 Å². The molecule has 59 heavy (non-hydrogen) atoms. The molecule has 0 unspecified atom stereocenters. The number of fused-ring (bicyclic) bond motifs is 1. The van der Waals surface area contributed by atoms with Crippen LogP contribution in [0.25, 0.3) is 11.1 Å². The van der Waals surface area contributed by atoms with Gasteiger partial charge in [0.15, 0.2) is 17.3 Å². The van der Waals surface area contributed by atoms with Gasteiger partial charge in [0.1, 0.15) is 29.6 Å². The number of furan rings is 1. The zero-order valence-corrected chi connectivity index (χ0v) is 38.4. The molecule has 3 aromatic rings. The molecule has 0 aliphatic heterocycles. The number of ketones is 4. The molecule has 3 rings (SSSR count). The summed E-state index contributed by atoms with van der Waals surface area (Å²) in [6, 6.07) is 10.2. The third kappa shape index (κ3) is 56.7. The summed E-state index contributed by atoms with van der Waals surface area (Å²) in [6.07, 6.45) is 1.93. The minimum atomic E-state index is -0.572. The Morgan fingerprint density at radius 3 is 1.69 bits per heavy atom. The number of anilines is 1. The minimum Gasteiger partial charge on any atom is -0.878 e. The third-order valence-electron chi connectivity index (χ3n) is 4.52. The van der Waals surface area contributed by atoms with Gasteiger partial charge in [0.2, 0.25) is 11.6 Å². The monoisotopic (exact) mass is 839 g/mol. The maximum Gasteiger partial charge on any atom is 1.00 e. The average molecular weight is 840 g/mol. The number of amides is 1. The number of aromatic amines is 1. The van der Waals surface area contributed by atoms with E-state index in [4.69, 9.17) is 30.9 Å². The number of aryl methyl sites for hydroxylation is 2. The van der Waals surface area contributed by atoms with E-state index in [9.17, 15) is 38.7 Å². The number of hydrogen-bond donors (Lipinski definition) is 4. The predicted octanol–water partition coefficient (Wildman–Crippen LogP) is 0.242. The van der Waals surface area contributed by atoms with E-state index in [1.165, 1.54) is 33.8 Å². The molecule has 3 heterocycles. The zero-order chi connectivity index (χ0) is 47.2. The molecule has 6 N–H and O–H groups in total. The maximum absolute atomic E-state index is 11.1. The number of aromatic nitrogens is 2. The molecule has 0 saturated heterocycles. The normalized spacial score (nSPS) is 7.98. The van der Waals surface area contributed by atoms with Gasteiger partial charge in [-0.2, -0.15) is 10.5 Å². The number of pyridine rings is 2. The van der Waals surface area contributed by atoms with Gasteiger partial charge in [0.25, 0.3) is 12.0 Å². The number of nitrogens with one attached hydrogen (secondary N) is 1. The number of primary amides is 1. The Labute approximate surface area is 369 Å². The van der Waals surface area contributed by atoms with Crippen molar-refractivity contribution in [2.24, 2.45) is 5.73 Å². The summed E-state index contributed by atoms with van der Waals surface area (Å²) in [5, 5.41) is 42.6. The van der Waals surface area contributed by atoms with Crippen molar-refractivity contribution >= 4 is 52.3 Å². The summed E-state index contributed by atoms with van der Waals surface area (Å²) >= 11 is 0. The van der Waals surface area contributed by atoms with Gasteiger partial charge in [-0.1, -0.05) is 13.8 Å². The van der Waals surface area contributed by atoms with Crippen molar-refractivity contribution in [2.45, 2.75) is 89.0 Å². The third-order valence-corrected chi connectivity index (χ3v) is 4.52. The Balaban J connectivity index is -0.0000000865. The molecule has 0 bridgehead atoms. The van der Waals surface area contributed by atoms with Crippen LogP contribution in [0.15, 0.2) is 59.0 Å². The Bertz CT molecular complexity index is 1750. The second kappa shape index (κ2) is 52.2. The summed E-state index contributed by atoms with van der Waals surface area (Å²) in [5.74, 6) is -0.344. The number of aliphatic hydroxyl groups is 1. The number of ether oxygens (including phenoxy) is 1. The zero-order valence-electron chi connectivity index (χ0n) is 36.4. The number of H-pyrrole nitrogens is 1. The fourth-order valence-corrected chi connectivity index (χ4v) is 2.25. The van der Waals surface area contributed by atoms with Crippen molar-refractivity contribution in [3.63, 3.8) is 0 Å². The van der Waals surface area contributed by atoms with Crippen LogP contribution in [0.1, 0.15) is 103 Å². The van der Waals surface area contributed by atoms with Crippen molar-refractivity contribution in [3.05, 3.63) is 82.8 Å². The van der Waals surface area contributed by atoms with Gasteiger partial charge in [0, 0.05) is 31.3 Å². The second-order valence-electron chi connectivity index (χ2n) is 10.0. The number of Topliss-reactive ketones (excluding diaryl/α,β-unsaturated/α-hetero) is 3. The SMILES string of the molecule is C=C.CC(=O)C=C[O-].CC(=O)c1oc2nc(C)ccc2c1N.CC(C)=O.CCC(C)=O.CCO.CCOC=O.CC[O-].Cc1ccc(C#N)c(=O)[nH]1.N#CCC(N)=O.[Na+]. The summed E-state index contributed by atoms with van der Waals surface area (Å²) < 4.78 is 9.41. The van der Waals surface area contributed by atoms with Crippen LogP contribution >= 0.6 is 0 Å². The standard InChI is InChI=1S/C10H10N2O2.C7H6N2O.C4H6O2.C4H8O.C3H4N2O.C3H6O2.C3H6O.C2H6O.C2H5O.C2H4.Na/c1-5-3-4-7-8(11)9(6(2)13)14-10(7)12-5;1-5-2-3-6(4-8)7(10)9-5;1-4(6)2-3-5;1-3-4(2)5;4-2-1-3(5)6;1-2-5-3-4;1-3(2)4;2*1-2-3;1-2;/h3-4H,11H2,1-2H3;2-3H,1H3,(H,9,10);2-3,5H,1H3;3H2,1-2H3;1H2,(H2,5,6);3H,2H2,1H3;1-2H3;3H,2H2,1H3;2H2,1H3;1-2H2;/q;;;;;;;;-1;;+1/p-1. The topological polar surface area (TPSA) is 337 Å². The van der Waals surface area contributed by atoms with Crippen LogP contribution in [0.4, 0.5) is 5.69 Å². The molecule has 19 heteroatoms. The van der Waals surface area contributed by atoms with Crippen LogP contribution in [0, 0.1) is 36.5 Å². The molecule has 0 atom stereocenters. The Hall–Kier alpha value is -5.76. The molecule has 0 spiro atoms. The van der Waals surface area contributed by atoms with Gasteiger partial charge in [-0.3, -0.25) is 24.0 Å². The van der Waals surface area contributed by atoms with Crippen LogP contribution in [0.2, 0.25) is 0 Å². The van der Waals surface area contributed by atoms with Crippen LogP contribution in [0.3, 0.4) is 0 Å². The number of carbonyl (C=O) groups is 6. The summed E-state index contributed by atoms with van der Waals surface area (Å²) in [4.78, 5) is 76.4. The molecule has 0 aromatic carbocycles. The molecule has 0 radical (unpaired) electrons. The smallest absolute Gasteiger partial charge is 0.878 e. The molecule has 0 aliphatic carbocycles. The first kappa shape index (κ1) is 71.0. The minimum absolute atomic E-state index is 0. The van der Waals surface area contributed by atoms with E-state index in [0.29, 0.717) is 42.5 Å². The number of rotatable bonds is 6. The largest absolute Gasteiger partial charge is 1.00 e. The summed E-state index contributed by atoms with van der Waals surface area (Å²) in [7, 11) is 0. The van der Waals surface area contributed by atoms with Gasteiger partial charge in [-0.05, 0) is 85.7 Å². The number of carbonyl (C=O) groups excluding carboxylic acids is 6. The molecular weight excluding hydrogens is 779 g/mol. The second-order valence-corrected chi connectivity index (χ2v) is 10.0. The Morgan fingerprint density at radius 2 is 1.46 bits per heavy atom. The van der Waals surface area contributed by atoms with E-state index in [1.807, 2.05) is 26.0 Å². The number of aliphatic hydroxyl groups excluding tert-OH is 1. The number of allylic oxidation sites excluding steroid dienone is 1. The first-order valence-electron chi connectivity index (χ1n) is 17.0. The van der Waals surface area contributed by atoms with E-state index >= 15 is 0 Å². The Kier molecular flexibility index (Phi) is 62.9. The number of nitrogens with zero attached hydrogens (tertiary/aromatic N) is 3. The van der Waals surface area contributed by atoms with Gasteiger partial charge in [0.05, 0.1) is 23.7 Å². The average Bonchev–Trinajstić information content (AvgIpc) is 3.46. The van der Waals surface area contributed by atoms with Gasteiger partial charge in [-0.15, -0.1) is 26.0 Å². The van der Waals surface area contributed by atoms with E-state index < -0.39 is 5.91 Å². The van der Waals surface area contributed by atoms with E-state index in [1.54, 1.807) is 52.8 Å². The molecule has 324 valence electrons. The molecule has 18 nitrogen and oxygen atoms in total. The quantitative estimate of drug-likeness (QED) is 0.0645. The molecule has 0 fully saturated rings. The van der Waals surface area contributed by atoms with Crippen LogP contribution in [-0.4, -0.2) is 70.4 Å². The van der Waals surface area contributed by atoms with Crippen molar-refractivity contribution in [1.29, 1.82) is 10.5 Å². The molecule has 3 aromatic heterocycles. The van der Waals surface area contributed by atoms with E-state index in [-0.39, 0.29) is 89.2 Å². The fourth-order valence-electron chi connectivity index (χ4n) is 2.25. The van der Waals surface area contributed by atoms with E-state index in [2.05, 4.69) is 33.6 Å². The number of nitriles is 2. The first-order valence-corrected chi connectivity index (χ1v) is 17.0. The van der Waals surface area contributed by atoms with Gasteiger partial charge >= 0.3 is 29.6 Å². The maximum atomic E-state index is 11.1. The summed E-state index contributed by atoms with van der Waals surface area (Å²) in [5.41, 5.74) is 12.5. The van der Waals surface area contributed by atoms with Crippen LogP contribution in [-0.2, 0) is 28.7 Å². The molecule has 0 saturated carbocycles. The van der Waals surface area contributed by atoms with Gasteiger partial charge in [-0.25, -0.2) is 4.98 Å². The fraction of sp³-hybridized carbons (Fsp3) is 0.400. The predicted molar refractivity (Wildman–Crippen MR) is 218 cm³/mol. The van der Waals surface area contributed by atoms with Crippen LogP contribution < -0.4 is 56.8 Å². The van der Waals surface area contributed by atoms with Crippen molar-refractivity contribution in [3.8, 4) is 12.1 Å². The summed E-state index contributed by atoms with van der Waals surface area (Å²) in [6.45, 7) is 25.0.